The first-order chi connectivity index (χ1) is 8.08. The Kier molecular flexibility index (Phi) is 3.19. The monoisotopic (exact) mass is 234 g/mol. The van der Waals surface area contributed by atoms with Gasteiger partial charge in [-0.15, -0.1) is 0 Å². The van der Waals surface area contributed by atoms with E-state index in [1.54, 1.807) is 17.8 Å². The van der Waals surface area contributed by atoms with E-state index >= 15 is 0 Å². The molecule has 1 atom stereocenters. The highest BCUT2D eigenvalue weighted by Crippen LogP contribution is 2.19. The molecule has 1 unspecified atom stereocenters. The zero-order valence-corrected chi connectivity index (χ0v) is 9.89. The molecule has 0 aliphatic heterocycles. The number of aryl methyl sites for hydroxylation is 2. The molecule has 0 spiro atoms. The number of hydrogen-bond acceptors (Lipinski definition) is 3. The second-order valence-corrected chi connectivity index (χ2v) is 4.14. The minimum atomic E-state index is -0.404. The number of halogens is 1. The Morgan fingerprint density at radius 3 is 2.82 bits per heavy atom. The van der Waals surface area contributed by atoms with Gasteiger partial charge < -0.3 is 5.73 Å². The normalized spacial score (nSPS) is 12.7. The van der Waals surface area contributed by atoms with Gasteiger partial charge >= 0.3 is 0 Å². The van der Waals surface area contributed by atoms with Crippen molar-refractivity contribution in [2.24, 2.45) is 12.8 Å². The van der Waals surface area contributed by atoms with Gasteiger partial charge in [-0.3, -0.25) is 4.68 Å². The highest BCUT2D eigenvalue weighted by molar-refractivity contribution is 5.26. The van der Waals surface area contributed by atoms with Crippen molar-refractivity contribution in [2.75, 3.05) is 0 Å². The SMILES string of the molecule is Cc1ccc(C(N)Cc2ncnn2C)c(F)c1. The third-order valence-electron chi connectivity index (χ3n) is 2.76. The van der Waals surface area contributed by atoms with Crippen LogP contribution < -0.4 is 5.73 Å². The van der Waals surface area contributed by atoms with Gasteiger partial charge in [0.15, 0.2) is 0 Å². The molecule has 2 rings (SSSR count). The van der Waals surface area contributed by atoms with E-state index in [-0.39, 0.29) is 5.82 Å². The number of benzene rings is 1. The molecule has 90 valence electrons. The van der Waals surface area contributed by atoms with E-state index in [1.807, 2.05) is 13.0 Å². The molecular formula is C12H15FN4. The fourth-order valence-corrected chi connectivity index (χ4v) is 1.74. The first-order valence-electron chi connectivity index (χ1n) is 5.42. The maximum atomic E-state index is 13.7. The summed E-state index contributed by atoms with van der Waals surface area (Å²) in [6.45, 7) is 1.85. The minimum Gasteiger partial charge on any atom is -0.323 e. The molecule has 2 N–H and O–H groups in total. The summed E-state index contributed by atoms with van der Waals surface area (Å²) in [5.41, 5.74) is 7.38. The number of aromatic nitrogens is 3. The highest BCUT2D eigenvalue weighted by atomic mass is 19.1. The van der Waals surface area contributed by atoms with Crippen LogP contribution >= 0.6 is 0 Å². The van der Waals surface area contributed by atoms with Crippen LogP contribution in [-0.2, 0) is 13.5 Å². The summed E-state index contributed by atoms with van der Waals surface area (Å²) in [4.78, 5) is 4.08. The molecule has 1 heterocycles. The number of rotatable bonds is 3. The molecule has 0 saturated carbocycles. The molecule has 0 saturated heterocycles. The molecule has 1 aromatic carbocycles. The Balaban J connectivity index is 2.20. The second-order valence-electron chi connectivity index (χ2n) is 4.14. The lowest BCUT2D eigenvalue weighted by molar-refractivity contribution is 0.564. The van der Waals surface area contributed by atoms with Crippen LogP contribution in [0, 0.1) is 12.7 Å². The summed E-state index contributed by atoms with van der Waals surface area (Å²) in [5.74, 6) is 0.483. The van der Waals surface area contributed by atoms with Crippen molar-refractivity contribution in [1.82, 2.24) is 14.8 Å². The van der Waals surface area contributed by atoms with Crippen LogP contribution in [0.5, 0.6) is 0 Å². The second kappa shape index (κ2) is 4.63. The zero-order chi connectivity index (χ0) is 12.4. The van der Waals surface area contributed by atoms with Gasteiger partial charge in [0.05, 0.1) is 0 Å². The van der Waals surface area contributed by atoms with Crippen LogP contribution in [0.2, 0.25) is 0 Å². The zero-order valence-electron chi connectivity index (χ0n) is 9.89. The largest absolute Gasteiger partial charge is 0.323 e. The lowest BCUT2D eigenvalue weighted by Gasteiger charge is -2.12. The quantitative estimate of drug-likeness (QED) is 0.875. The van der Waals surface area contributed by atoms with E-state index in [2.05, 4.69) is 10.1 Å². The Morgan fingerprint density at radius 2 is 2.24 bits per heavy atom. The topological polar surface area (TPSA) is 56.7 Å². The fraction of sp³-hybridized carbons (Fsp3) is 0.333. The average Bonchev–Trinajstić information content (AvgIpc) is 2.64. The molecular weight excluding hydrogens is 219 g/mol. The van der Waals surface area contributed by atoms with Crippen molar-refractivity contribution in [3.63, 3.8) is 0 Å². The predicted molar refractivity (Wildman–Crippen MR) is 62.8 cm³/mol. The summed E-state index contributed by atoms with van der Waals surface area (Å²) in [7, 11) is 1.79. The molecule has 0 radical (unpaired) electrons. The van der Waals surface area contributed by atoms with E-state index < -0.39 is 6.04 Å². The summed E-state index contributed by atoms with van der Waals surface area (Å²) in [6.07, 6.45) is 1.93. The first-order valence-corrected chi connectivity index (χ1v) is 5.42. The van der Waals surface area contributed by atoms with Gasteiger partial charge in [0.25, 0.3) is 0 Å². The van der Waals surface area contributed by atoms with Gasteiger partial charge in [-0.1, -0.05) is 12.1 Å². The Labute approximate surface area is 99.3 Å². The van der Waals surface area contributed by atoms with Crippen molar-refractivity contribution in [1.29, 1.82) is 0 Å². The molecule has 0 amide bonds. The molecule has 1 aromatic heterocycles. The average molecular weight is 234 g/mol. The number of hydrogen-bond donors (Lipinski definition) is 1. The number of nitrogens with two attached hydrogens (primary N) is 1. The summed E-state index contributed by atoms with van der Waals surface area (Å²) in [5, 5.41) is 3.96. The van der Waals surface area contributed by atoms with Crippen LogP contribution in [0.1, 0.15) is 23.0 Å². The molecule has 4 nitrogen and oxygen atoms in total. The first kappa shape index (κ1) is 11.7. The predicted octanol–water partition coefficient (Wildman–Crippen LogP) is 1.51. The summed E-state index contributed by atoms with van der Waals surface area (Å²) < 4.78 is 15.4. The molecule has 0 aliphatic rings. The maximum absolute atomic E-state index is 13.7. The molecule has 0 fully saturated rings. The van der Waals surface area contributed by atoms with Crippen LogP contribution in [0.15, 0.2) is 24.5 Å². The van der Waals surface area contributed by atoms with Gasteiger partial charge in [-0.25, -0.2) is 9.37 Å². The van der Waals surface area contributed by atoms with Gasteiger partial charge in [0.2, 0.25) is 0 Å². The summed E-state index contributed by atoms with van der Waals surface area (Å²) >= 11 is 0. The van der Waals surface area contributed by atoms with Crippen molar-refractivity contribution >= 4 is 0 Å². The van der Waals surface area contributed by atoms with E-state index in [9.17, 15) is 4.39 Å². The van der Waals surface area contributed by atoms with Crippen molar-refractivity contribution < 1.29 is 4.39 Å². The Hall–Kier alpha value is -1.75. The molecule has 0 aliphatic carbocycles. The van der Waals surface area contributed by atoms with Crippen LogP contribution in [0.4, 0.5) is 4.39 Å². The molecule has 2 aromatic rings. The fourth-order valence-electron chi connectivity index (χ4n) is 1.74. The van der Waals surface area contributed by atoms with Crippen LogP contribution in [0.25, 0.3) is 0 Å². The van der Waals surface area contributed by atoms with E-state index in [1.165, 1.54) is 12.4 Å². The van der Waals surface area contributed by atoms with E-state index in [4.69, 9.17) is 5.73 Å². The van der Waals surface area contributed by atoms with Gasteiger partial charge in [-0.2, -0.15) is 5.10 Å². The summed E-state index contributed by atoms with van der Waals surface area (Å²) in [6, 6.07) is 4.67. The smallest absolute Gasteiger partial charge is 0.138 e. The Bertz CT molecular complexity index is 521. The maximum Gasteiger partial charge on any atom is 0.138 e. The van der Waals surface area contributed by atoms with Gasteiger partial charge in [0.1, 0.15) is 18.0 Å². The van der Waals surface area contributed by atoms with E-state index in [0.29, 0.717) is 12.0 Å². The lowest BCUT2D eigenvalue weighted by atomic mass is 10.0. The number of nitrogens with zero attached hydrogens (tertiary/aromatic N) is 3. The molecule has 5 heteroatoms. The third-order valence-corrected chi connectivity index (χ3v) is 2.76. The molecule has 0 bridgehead atoms. The standard InChI is InChI=1S/C12H15FN4/c1-8-3-4-9(10(13)5-8)11(14)6-12-15-7-16-17(12)2/h3-5,7,11H,6,14H2,1-2H3. The van der Waals surface area contributed by atoms with Crippen LogP contribution in [-0.4, -0.2) is 14.8 Å². The Morgan fingerprint density at radius 1 is 1.47 bits per heavy atom. The van der Waals surface area contributed by atoms with Gasteiger partial charge in [-0.05, 0) is 18.6 Å². The lowest BCUT2D eigenvalue weighted by Crippen LogP contribution is -2.17. The van der Waals surface area contributed by atoms with Crippen molar-refractivity contribution in [2.45, 2.75) is 19.4 Å². The minimum absolute atomic E-state index is 0.264. The van der Waals surface area contributed by atoms with Crippen molar-refractivity contribution in [3.8, 4) is 0 Å². The highest BCUT2D eigenvalue weighted by Gasteiger charge is 2.14. The van der Waals surface area contributed by atoms with Crippen molar-refractivity contribution in [3.05, 3.63) is 47.3 Å². The van der Waals surface area contributed by atoms with Crippen LogP contribution in [0.3, 0.4) is 0 Å². The molecule has 17 heavy (non-hydrogen) atoms. The van der Waals surface area contributed by atoms with E-state index in [0.717, 1.165) is 11.4 Å². The third kappa shape index (κ3) is 2.50. The van der Waals surface area contributed by atoms with Gasteiger partial charge in [0, 0.05) is 25.1 Å².